The molecule has 0 unspecified atom stereocenters. The Labute approximate surface area is 131 Å². The van der Waals surface area contributed by atoms with Crippen molar-refractivity contribution in [2.45, 2.75) is 6.54 Å². The molecule has 1 heterocycles. The van der Waals surface area contributed by atoms with Gasteiger partial charge in [-0.25, -0.2) is 4.98 Å². The fourth-order valence-electron chi connectivity index (χ4n) is 1.51. The van der Waals surface area contributed by atoms with Gasteiger partial charge in [-0.1, -0.05) is 0 Å². The van der Waals surface area contributed by atoms with Gasteiger partial charge in [-0.05, 0) is 50.1 Å². The van der Waals surface area contributed by atoms with E-state index >= 15 is 0 Å². The lowest BCUT2D eigenvalue weighted by Gasteiger charge is -2.09. The maximum atomic E-state index is 11.9. The molecule has 3 N–H and O–H groups in total. The quantitative estimate of drug-likeness (QED) is 0.769. The standard InChI is InChI=1S/C12H10Br2N4O2/c13-8-3-7(15)1-2-10(8)17-11(19)5-18-6-16-4-9(14)12(18)20/h1-4,6H,5,15H2,(H,17,19). The highest BCUT2D eigenvalue weighted by atomic mass is 79.9. The molecule has 6 nitrogen and oxygen atoms in total. The number of carbonyl (C=O) groups is 1. The maximum absolute atomic E-state index is 11.9. The molecule has 0 atom stereocenters. The molecule has 0 radical (unpaired) electrons. The van der Waals surface area contributed by atoms with Gasteiger partial charge in [-0.3, -0.25) is 14.2 Å². The first-order chi connectivity index (χ1) is 9.47. The van der Waals surface area contributed by atoms with Crippen LogP contribution in [0.25, 0.3) is 0 Å². The van der Waals surface area contributed by atoms with E-state index < -0.39 is 0 Å². The van der Waals surface area contributed by atoms with Crippen LogP contribution >= 0.6 is 31.9 Å². The summed E-state index contributed by atoms with van der Waals surface area (Å²) in [6.07, 6.45) is 2.69. The van der Waals surface area contributed by atoms with Crippen molar-refractivity contribution < 1.29 is 4.79 Å². The van der Waals surface area contributed by atoms with E-state index in [1.807, 2.05) is 0 Å². The van der Waals surface area contributed by atoms with E-state index in [-0.39, 0.29) is 18.0 Å². The molecular weight excluding hydrogens is 392 g/mol. The summed E-state index contributed by atoms with van der Waals surface area (Å²) in [5.74, 6) is -0.336. The van der Waals surface area contributed by atoms with Crippen molar-refractivity contribution >= 4 is 49.1 Å². The summed E-state index contributed by atoms with van der Waals surface area (Å²) in [4.78, 5) is 27.5. The van der Waals surface area contributed by atoms with Gasteiger partial charge in [0.15, 0.2) is 0 Å². The summed E-state index contributed by atoms with van der Waals surface area (Å²) in [5, 5.41) is 2.69. The average Bonchev–Trinajstić information content (AvgIpc) is 2.38. The van der Waals surface area contributed by atoms with Gasteiger partial charge in [-0.15, -0.1) is 0 Å². The Hall–Kier alpha value is -1.67. The molecule has 2 rings (SSSR count). The molecule has 1 aromatic heterocycles. The van der Waals surface area contributed by atoms with E-state index in [1.165, 1.54) is 17.1 Å². The highest BCUT2D eigenvalue weighted by molar-refractivity contribution is 9.10. The van der Waals surface area contributed by atoms with Crippen LogP contribution in [-0.2, 0) is 11.3 Å². The maximum Gasteiger partial charge on any atom is 0.268 e. The molecular formula is C12H10Br2N4O2. The van der Waals surface area contributed by atoms with Gasteiger partial charge >= 0.3 is 0 Å². The van der Waals surface area contributed by atoms with Crippen molar-refractivity contribution in [1.29, 1.82) is 0 Å². The number of nitrogens with zero attached hydrogens (tertiary/aromatic N) is 2. The van der Waals surface area contributed by atoms with Crippen LogP contribution < -0.4 is 16.6 Å². The lowest BCUT2D eigenvalue weighted by atomic mass is 10.3. The van der Waals surface area contributed by atoms with E-state index in [0.717, 1.165) is 0 Å². The normalized spacial score (nSPS) is 10.3. The highest BCUT2D eigenvalue weighted by Gasteiger charge is 2.09. The van der Waals surface area contributed by atoms with Crippen LogP contribution in [0.1, 0.15) is 0 Å². The largest absolute Gasteiger partial charge is 0.399 e. The van der Waals surface area contributed by atoms with E-state index in [4.69, 9.17) is 5.73 Å². The topological polar surface area (TPSA) is 90.0 Å². The molecule has 0 fully saturated rings. The Kier molecular flexibility index (Phi) is 4.56. The molecule has 0 saturated carbocycles. The van der Waals surface area contributed by atoms with Crippen molar-refractivity contribution in [3.8, 4) is 0 Å². The molecule has 0 aliphatic heterocycles. The number of hydrogen-bond acceptors (Lipinski definition) is 4. The van der Waals surface area contributed by atoms with Crippen LogP contribution in [0.5, 0.6) is 0 Å². The van der Waals surface area contributed by atoms with Crippen molar-refractivity contribution in [3.05, 3.63) is 50.0 Å². The third kappa shape index (κ3) is 3.45. The van der Waals surface area contributed by atoms with E-state index in [0.29, 0.717) is 20.3 Å². The molecule has 1 aromatic carbocycles. The highest BCUT2D eigenvalue weighted by Crippen LogP contribution is 2.24. The van der Waals surface area contributed by atoms with Crippen LogP contribution in [0, 0.1) is 0 Å². The number of benzene rings is 1. The number of halogens is 2. The van der Waals surface area contributed by atoms with Gasteiger partial charge < -0.3 is 11.1 Å². The lowest BCUT2D eigenvalue weighted by molar-refractivity contribution is -0.116. The summed E-state index contributed by atoms with van der Waals surface area (Å²) in [6, 6.07) is 5.04. The van der Waals surface area contributed by atoms with E-state index in [9.17, 15) is 9.59 Å². The van der Waals surface area contributed by atoms with Gasteiger partial charge in [-0.2, -0.15) is 0 Å². The Balaban J connectivity index is 2.13. The summed E-state index contributed by atoms with van der Waals surface area (Å²) < 4.78 is 2.19. The molecule has 0 aliphatic carbocycles. The van der Waals surface area contributed by atoms with Crippen LogP contribution in [-0.4, -0.2) is 15.5 Å². The molecule has 0 spiro atoms. The Morgan fingerprint density at radius 2 is 2.10 bits per heavy atom. The number of carbonyl (C=O) groups excluding carboxylic acids is 1. The molecule has 0 bridgehead atoms. The minimum Gasteiger partial charge on any atom is -0.399 e. The third-order valence-corrected chi connectivity index (χ3v) is 3.64. The molecule has 0 aliphatic rings. The molecule has 104 valence electrons. The van der Waals surface area contributed by atoms with Crippen molar-refractivity contribution in [3.63, 3.8) is 0 Å². The van der Waals surface area contributed by atoms with E-state index in [2.05, 4.69) is 42.2 Å². The first-order valence-corrected chi connectivity index (χ1v) is 7.11. The number of hydrogen-bond donors (Lipinski definition) is 2. The molecule has 2 aromatic rings. The van der Waals surface area contributed by atoms with Crippen LogP contribution in [0.15, 0.2) is 44.5 Å². The SMILES string of the molecule is Nc1ccc(NC(=O)Cn2cncc(Br)c2=O)c(Br)c1. The first kappa shape index (κ1) is 14.7. The van der Waals surface area contributed by atoms with Crippen molar-refractivity contribution in [1.82, 2.24) is 9.55 Å². The van der Waals surface area contributed by atoms with Gasteiger partial charge in [0.05, 0.1) is 12.0 Å². The zero-order chi connectivity index (χ0) is 14.7. The van der Waals surface area contributed by atoms with Gasteiger partial charge in [0.1, 0.15) is 11.0 Å². The van der Waals surface area contributed by atoms with Crippen molar-refractivity contribution in [2.24, 2.45) is 0 Å². The predicted octanol–water partition coefficient (Wildman–Crippen LogP) is 1.99. The number of nitrogens with one attached hydrogen (secondary N) is 1. The number of nitrogen functional groups attached to an aromatic ring is 1. The van der Waals surface area contributed by atoms with Crippen molar-refractivity contribution in [2.75, 3.05) is 11.1 Å². The zero-order valence-electron chi connectivity index (χ0n) is 10.1. The van der Waals surface area contributed by atoms with Crippen LogP contribution in [0.3, 0.4) is 0 Å². The lowest BCUT2D eigenvalue weighted by Crippen LogP contribution is -2.28. The summed E-state index contributed by atoms with van der Waals surface area (Å²) in [6.45, 7) is -0.123. The minimum atomic E-state index is -0.336. The van der Waals surface area contributed by atoms with Crippen LogP contribution in [0.4, 0.5) is 11.4 Å². The van der Waals surface area contributed by atoms with E-state index in [1.54, 1.807) is 18.2 Å². The first-order valence-electron chi connectivity index (χ1n) is 5.52. The fraction of sp³-hybridized carbons (Fsp3) is 0.0833. The fourth-order valence-corrected chi connectivity index (χ4v) is 2.36. The second kappa shape index (κ2) is 6.19. The minimum absolute atomic E-state index is 0.123. The summed E-state index contributed by atoms with van der Waals surface area (Å²) in [7, 11) is 0. The Morgan fingerprint density at radius 1 is 1.35 bits per heavy atom. The zero-order valence-corrected chi connectivity index (χ0v) is 13.3. The smallest absolute Gasteiger partial charge is 0.268 e. The second-order valence-electron chi connectivity index (χ2n) is 3.96. The van der Waals surface area contributed by atoms with Crippen LogP contribution in [0.2, 0.25) is 0 Å². The van der Waals surface area contributed by atoms with Gasteiger partial charge in [0.2, 0.25) is 5.91 Å². The number of nitrogens with two attached hydrogens (primary N) is 1. The number of aromatic nitrogens is 2. The molecule has 0 saturated heterocycles. The molecule has 1 amide bonds. The average molecular weight is 402 g/mol. The number of amides is 1. The van der Waals surface area contributed by atoms with Gasteiger partial charge in [0.25, 0.3) is 5.56 Å². The second-order valence-corrected chi connectivity index (χ2v) is 5.67. The number of rotatable bonds is 3. The summed E-state index contributed by atoms with van der Waals surface area (Å²) in [5.41, 5.74) is 6.47. The molecule has 8 heteroatoms. The predicted molar refractivity (Wildman–Crippen MR) is 83.4 cm³/mol. The summed E-state index contributed by atoms with van der Waals surface area (Å²) >= 11 is 6.38. The van der Waals surface area contributed by atoms with Gasteiger partial charge in [0, 0.05) is 16.4 Å². The number of anilines is 2. The Morgan fingerprint density at radius 3 is 2.80 bits per heavy atom. The Bertz CT molecular complexity index is 715. The molecule has 20 heavy (non-hydrogen) atoms. The monoisotopic (exact) mass is 400 g/mol. The third-order valence-electron chi connectivity index (χ3n) is 2.44.